The van der Waals surface area contributed by atoms with E-state index >= 15 is 0 Å². The number of nitrogens with two attached hydrogens (primary N) is 2. The number of carbonyl (C=O) groups excluding carboxylic acids is 4. The molecule has 1 aromatic rings. The zero-order valence-corrected chi connectivity index (χ0v) is 23.6. The fraction of sp³-hybridized carbons (Fsp3) is 0.607. The number of fused-ring (bicyclic) bond motifs is 11. The fourth-order valence-electron chi connectivity index (χ4n) is 4.94. The van der Waals surface area contributed by atoms with E-state index in [0.29, 0.717) is 51.0 Å². The molecule has 0 saturated carbocycles. The fourth-order valence-corrected chi connectivity index (χ4v) is 4.94. The third kappa shape index (κ3) is 10.5. The third-order valence-corrected chi connectivity index (χ3v) is 6.98. The van der Waals surface area contributed by atoms with Gasteiger partial charge in [0.2, 0.25) is 11.8 Å². The number of rotatable bonds is 11. The molecule has 0 unspecified atom stereocenters. The molecule has 4 atom stereocenters. The number of ether oxygens (including phenoxy) is 2. The maximum Gasteiger partial charge on any atom is 0.309 e. The largest absolute Gasteiger partial charge is 0.494 e. The highest BCUT2D eigenvalue weighted by molar-refractivity contribution is 5.93. The van der Waals surface area contributed by atoms with E-state index in [9.17, 15) is 24.4 Å². The van der Waals surface area contributed by atoms with Crippen LogP contribution in [0.25, 0.3) is 0 Å². The molecule has 2 amide bonds. The van der Waals surface area contributed by atoms with E-state index in [4.69, 9.17) is 20.9 Å². The molecule has 1 aromatic carbocycles. The van der Waals surface area contributed by atoms with Crippen molar-refractivity contribution in [2.75, 3.05) is 20.3 Å². The molecular formula is C28H43N5O7. The lowest BCUT2D eigenvalue weighted by Crippen LogP contribution is -2.49. The number of esters is 1. The topological polar surface area (TPSA) is 195 Å². The smallest absolute Gasteiger partial charge is 0.309 e. The number of hydrogen-bond donors (Lipinski definition) is 5. The zero-order valence-electron chi connectivity index (χ0n) is 23.6. The first-order valence-corrected chi connectivity index (χ1v) is 13.7. The van der Waals surface area contributed by atoms with Crippen molar-refractivity contribution in [2.45, 2.75) is 64.8 Å². The van der Waals surface area contributed by atoms with Crippen LogP contribution in [0.4, 0.5) is 0 Å². The first-order chi connectivity index (χ1) is 19.0. The van der Waals surface area contributed by atoms with Crippen LogP contribution in [-0.2, 0) is 30.3 Å². The average molecular weight is 562 g/mol. The molecule has 0 aliphatic carbocycles. The van der Waals surface area contributed by atoms with E-state index in [1.165, 1.54) is 7.11 Å². The molecule has 222 valence electrons. The molecule has 0 fully saturated rings. The zero-order chi connectivity index (χ0) is 29.7. The third-order valence-electron chi connectivity index (χ3n) is 6.98. The Morgan fingerprint density at radius 1 is 1.23 bits per heavy atom. The Morgan fingerprint density at radius 3 is 2.52 bits per heavy atom. The van der Waals surface area contributed by atoms with Crippen molar-refractivity contribution in [1.29, 1.82) is 0 Å². The molecule has 12 nitrogen and oxygen atoms in total. The van der Waals surface area contributed by atoms with Gasteiger partial charge in [-0.05, 0) is 62.1 Å². The number of aliphatic imine (C=N–C) groups is 1. The Balaban J connectivity index is 2.37. The molecule has 0 saturated heterocycles. The molecule has 40 heavy (non-hydrogen) atoms. The van der Waals surface area contributed by atoms with Crippen LogP contribution in [0.1, 0.15) is 57.9 Å². The standard InChI is InChI=1S/C28H43N5O7/c1-17(2)14-22-21(26(36)33-38)7-5-13-40-20-10-8-18(9-11-20)15-23(32-25(22)35)24(34)16-19(27(37)39-3)6-4-12-31-28(29)30/h8-11,17,19,21-23,38H,4-7,12-16H2,1-3H3,(H,32,35)(H,33,36)(H4,29,30,31)/t19-,21+,22-,23+/m1/s1. The number of ketones is 1. The van der Waals surface area contributed by atoms with Crippen molar-refractivity contribution in [1.82, 2.24) is 10.8 Å². The number of benzene rings is 1. The monoisotopic (exact) mass is 561 g/mol. The molecule has 2 bridgehead atoms. The Labute approximate surface area is 235 Å². The summed E-state index contributed by atoms with van der Waals surface area (Å²) in [6.45, 7) is 4.50. The van der Waals surface area contributed by atoms with Crippen molar-refractivity contribution in [2.24, 2.45) is 40.1 Å². The van der Waals surface area contributed by atoms with Gasteiger partial charge < -0.3 is 26.3 Å². The second-order valence-corrected chi connectivity index (χ2v) is 10.6. The normalized spacial score (nSPS) is 20.4. The van der Waals surface area contributed by atoms with Gasteiger partial charge in [-0.3, -0.25) is 29.4 Å². The summed E-state index contributed by atoms with van der Waals surface area (Å²) in [5.74, 6) is -3.72. The molecule has 2 aliphatic rings. The summed E-state index contributed by atoms with van der Waals surface area (Å²) in [7, 11) is 1.26. The lowest BCUT2D eigenvalue weighted by Gasteiger charge is -2.29. The van der Waals surface area contributed by atoms with Crippen LogP contribution < -0.4 is 27.0 Å². The highest BCUT2D eigenvalue weighted by atomic mass is 16.5. The number of nitrogens with one attached hydrogen (secondary N) is 2. The molecule has 0 spiro atoms. The van der Waals surface area contributed by atoms with Crippen molar-refractivity contribution < 1.29 is 33.9 Å². The van der Waals surface area contributed by atoms with Crippen molar-refractivity contribution in [3.8, 4) is 5.75 Å². The maximum absolute atomic E-state index is 13.7. The van der Waals surface area contributed by atoms with Gasteiger partial charge in [0.05, 0.1) is 31.6 Å². The van der Waals surface area contributed by atoms with E-state index in [1.54, 1.807) is 17.6 Å². The van der Waals surface area contributed by atoms with Gasteiger partial charge in [-0.15, -0.1) is 0 Å². The van der Waals surface area contributed by atoms with Crippen LogP contribution in [0, 0.1) is 23.7 Å². The van der Waals surface area contributed by atoms with Gasteiger partial charge in [0.15, 0.2) is 11.7 Å². The van der Waals surface area contributed by atoms with Crippen LogP contribution >= 0.6 is 0 Å². The summed E-state index contributed by atoms with van der Waals surface area (Å²) in [5.41, 5.74) is 13.2. The van der Waals surface area contributed by atoms with E-state index in [0.717, 1.165) is 5.56 Å². The number of carbonyl (C=O) groups is 4. The van der Waals surface area contributed by atoms with Crippen LogP contribution in [0.15, 0.2) is 29.3 Å². The van der Waals surface area contributed by atoms with Gasteiger partial charge in [0.1, 0.15) is 5.75 Å². The van der Waals surface area contributed by atoms with Crippen LogP contribution in [0.5, 0.6) is 5.75 Å². The van der Waals surface area contributed by atoms with Gasteiger partial charge >= 0.3 is 5.97 Å². The maximum atomic E-state index is 13.7. The molecule has 12 heteroatoms. The van der Waals surface area contributed by atoms with Gasteiger partial charge in [0, 0.05) is 18.9 Å². The van der Waals surface area contributed by atoms with Gasteiger partial charge in [-0.25, -0.2) is 5.48 Å². The number of Topliss-reactive ketones (excluding diaryl/α,β-unsaturated/α-hetero) is 1. The van der Waals surface area contributed by atoms with Gasteiger partial charge in [-0.1, -0.05) is 26.0 Å². The Hall–Kier alpha value is -3.67. The predicted molar refractivity (Wildman–Crippen MR) is 148 cm³/mol. The Morgan fingerprint density at radius 2 is 1.93 bits per heavy atom. The lowest BCUT2D eigenvalue weighted by atomic mass is 9.81. The number of guanidine groups is 1. The van der Waals surface area contributed by atoms with Crippen LogP contribution in [0.2, 0.25) is 0 Å². The molecule has 2 heterocycles. The minimum Gasteiger partial charge on any atom is -0.494 e. The van der Waals surface area contributed by atoms with E-state index in [2.05, 4.69) is 10.3 Å². The highest BCUT2D eigenvalue weighted by Crippen LogP contribution is 2.27. The lowest BCUT2D eigenvalue weighted by molar-refractivity contribution is -0.148. The minimum atomic E-state index is -0.959. The summed E-state index contributed by atoms with van der Waals surface area (Å²) in [6, 6.07) is 6.26. The van der Waals surface area contributed by atoms with E-state index in [1.807, 2.05) is 26.0 Å². The first kappa shape index (κ1) is 32.5. The van der Waals surface area contributed by atoms with E-state index in [-0.39, 0.29) is 30.5 Å². The van der Waals surface area contributed by atoms with Gasteiger partial charge in [0.25, 0.3) is 0 Å². The number of hydrogen-bond acceptors (Lipinski definition) is 8. The molecule has 0 radical (unpaired) electrons. The molecule has 0 aromatic heterocycles. The first-order valence-electron chi connectivity index (χ1n) is 13.7. The quantitative estimate of drug-likeness (QED) is 0.0663. The molecule has 3 rings (SSSR count). The summed E-state index contributed by atoms with van der Waals surface area (Å²) < 4.78 is 10.7. The predicted octanol–water partition coefficient (Wildman–Crippen LogP) is 1.47. The Bertz CT molecular complexity index is 1020. The summed E-state index contributed by atoms with van der Waals surface area (Å²) in [5, 5.41) is 12.3. The van der Waals surface area contributed by atoms with Crippen molar-refractivity contribution >= 4 is 29.5 Å². The second kappa shape index (κ2) is 16.4. The number of methoxy groups -OCH3 is 1. The number of nitrogens with zero attached hydrogens (tertiary/aromatic N) is 1. The van der Waals surface area contributed by atoms with Crippen molar-refractivity contribution in [3.63, 3.8) is 0 Å². The van der Waals surface area contributed by atoms with Crippen LogP contribution in [-0.4, -0.2) is 61.0 Å². The molecule has 2 aliphatic heterocycles. The molecule has 7 N–H and O–H groups in total. The van der Waals surface area contributed by atoms with Gasteiger partial charge in [-0.2, -0.15) is 0 Å². The minimum absolute atomic E-state index is 0.0614. The summed E-state index contributed by atoms with van der Waals surface area (Å²) in [4.78, 5) is 56.4. The number of hydroxylamine groups is 1. The SMILES string of the molecule is COC(=O)[C@H](CCCN=C(N)N)CC(=O)[C@@H]1Cc2ccc(cc2)OCCC[C@H](C(=O)NO)[C@@H](CC(C)C)C(=O)N1. The number of amides is 2. The Kier molecular flexibility index (Phi) is 13.4. The van der Waals surface area contributed by atoms with Crippen LogP contribution in [0.3, 0.4) is 0 Å². The average Bonchev–Trinajstić information content (AvgIpc) is 2.92. The summed E-state index contributed by atoms with van der Waals surface area (Å²) >= 11 is 0. The van der Waals surface area contributed by atoms with E-state index < -0.39 is 41.6 Å². The molecular weight excluding hydrogens is 518 g/mol. The van der Waals surface area contributed by atoms with Crippen molar-refractivity contribution in [3.05, 3.63) is 29.8 Å². The highest BCUT2D eigenvalue weighted by Gasteiger charge is 2.36. The second-order valence-electron chi connectivity index (χ2n) is 10.6. The summed E-state index contributed by atoms with van der Waals surface area (Å²) in [6.07, 6.45) is 1.94.